The van der Waals surface area contributed by atoms with E-state index in [1.165, 1.54) is 13.0 Å². The van der Waals surface area contributed by atoms with E-state index in [1.807, 2.05) is 0 Å². The molecule has 0 aromatic rings. The molecule has 0 unspecified atom stereocenters. The second-order valence-corrected chi connectivity index (χ2v) is 3.85. The first-order chi connectivity index (χ1) is 7.25. The summed E-state index contributed by atoms with van der Waals surface area (Å²) in [5.41, 5.74) is 9.26. The Balaban J connectivity index is -0.00000112. The molecule has 0 aromatic heterocycles. The van der Waals surface area contributed by atoms with Gasteiger partial charge in [-0.05, 0) is 20.3 Å². The molecule has 0 radical (unpaired) electrons. The van der Waals surface area contributed by atoms with E-state index in [0.29, 0.717) is 5.84 Å². The number of carbonyl (C=O) groups is 1. The third kappa shape index (κ3) is 10.3. The molecule has 0 fully saturated rings. The fraction of sp³-hybridized carbons (Fsp3) is 0.600. The minimum Gasteiger partial charge on any atom is -0.480 e. The highest BCUT2D eigenvalue weighted by atomic mass is 35.5. The number of nitrogens with zero attached hydrogens (tertiary/aromatic N) is 1. The van der Waals surface area contributed by atoms with Crippen molar-refractivity contribution in [2.75, 3.05) is 6.54 Å². The lowest BCUT2D eigenvalue weighted by atomic mass is 9.99. The van der Waals surface area contributed by atoms with Crippen molar-refractivity contribution in [1.82, 2.24) is 0 Å². The van der Waals surface area contributed by atoms with Crippen LogP contribution in [0.25, 0.3) is 0 Å². The van der Waals surface area contributed by atoms with Crippen molar-refractivity contribution in [3.05, 3.63) is 11.9 Å². The number of aliphatic carboxylic acids is 1. The van der Waals surface area contributed by atoms with E-state index >= 15 is 0 Å². The first-order valence-electron chi connectivity index (χ1n) is 4.89. The van der Waals surface area contributed by atoms with Gasteiger partial charge in [-0.3, -0.25) is 9.79 Å². The maximum Gasteiger partial charge on any atom is 0.323 e. The molecule has 5 N–H and O–H groups in total. The zero-order valence-corrected chi connectivity index (χ0v) is 12.0. The fourth-order valence-corrected chi connectivity index (χ4v) is 0.851. The lowest BCUT2D eigenvalue weighted by molar-refractivity contribution is -0.142. The summed E-state index contributed by atoms with van der Waals surface area (Å²) in [4.78, 5) is 14.4. The molecule has 18 heavy (non-hydrogen) atoms. The van der Waals surface area contributed by atoms with Crippen molar-refractivity contribution in [3.63, 3.8) is 0 Å². The van der Waals surface area contributed by atoms with Gasteiger partial charge in [0.15, 0.2) is 0 Å². The van der Waals surface area contributed by atoms with Crippen molar-refractivity contribution >= 4 is 36.6 Å². The predicted molar refractivity (Wildman–Crippen MR) is 75.3 cm³/mol. The van der Waals surface area contributed by atoms with Gasteiger partial charge in [0.25, 0.3) is 0 Å². The Morgan fingerprint density at radius 1 is 1.50 bits per heavy atom. The van der Waals surface area contributed by atoms with E-state index in [9.17, 15) is 9.18 Å². The van der Waals surface area contributed by atoms with Crippen LogP contribution in [0.1, 0.15) is 26.7 Å². The van der Waals surface area contributed by atoms with Gasteiger partial charge in [0, 0.05) is 13.0 Å². The third-order valence-corrected chi connectivity index (χ3v) is 1.95. The normalized spacial score (nSPS) is 15.1. The van der Waals surface area contributed by atoms with Gasteiger partial charge in [-0.1, -0.05) is 6.08 Å². The Morgan fingerprint density at radius 2 is 2.00 bits per heavy atom. The molecule has 0 amide bonds. The number of rotatable bonds is 6. The SMILES string of the molecule is CC(N)=NCC/C(F)=C/C[C@](C)(N)C(=O)O.Cl.Cl. The molecule has 0 aliphatic heterocycles. The molecule has 0 saturated carbocycles. The van der Waals surface area contributed by atoms with Crippen LogP contribution in [-0.4, -0.2) is 29.0 Å². The molecule has 0 aromatic carbocycles. The van der Waals surface area contributed by atoms with Crippen LogP contribution in [0.15, 0.2) is 16.9 Å². The van der Waals surface area contributed by atoms with Crippen LogP contribution in [0.4, 0.5) is 4.39 Å². The van der Waals surface area contributed by atoms with Crippen LogP contribution < -0.4 is 11.5 Å². The van der Waals surface area contributed by atoms with E-state index in [1.54, 1.807) is 6.92 Å². The monoisotopic (exact) mass is 303 g/mol. The molecule has 0 aliphatic carbocycles. The van der Waals surface area contributed by atoms with Crippen LogP contribution in [0.5, 0.6) is 0 Å². The van der Waals surface area contributed by atoms with Gasteiger partial charge in [0.2, 0.25) is 0 Å². The van der Waals surface area contributed by atoms with Gasteiger partial charge in [0.05, 0.1) is 11.7 Å². The van der Waals surface area contributed by atoms with Gasteiger partial charge in [-0.15, -0.1) is 24.8 Å². The standard InChI is InChI=1S/C10H18FN3O2.2ClH/c1-7(12)14-6-4-8(11)3-5-10(2,13)9(15)16;;/h3H,4-6,13H2,1-2H3,(H2,12,14)(H,15,16);2*1H/b8-3-;;/t10-;;/m0../s1. The van der Waals surface area contributed by atoms with Gasteiger partial charge in [-0.25, -0.2) is 4.39 Å². The minimum absolute atomic E-state index is 0. The Morgan fingerprint density at radius 3 is 2.39 bits per heavy atom. The van der Waals surface area contributed by atoms with Crippen LogP contribution in [0.3, 0.4) is 0 Å². The average molecular weight is 304 g/mol. The van der Waals surface area contributed by atoms with Crippen molar-refractivity contribution in [3.8, 4) is 0 Å². The van der Waals surface area contributed by atoms with Crippen molar-refractivity contribution < 1.29 is 14.3 Å². The second kappa shape index (κ2) is 10.1. The lowest BCUT2D eigenvalue weighted by Crippen LogP contribution is -2.44. The molecule has 0 heterocycles. The topological polar surface area (TPSA) is 102 Å². The van der Waals surface area contributed by atoms with Gasteiger partial charge >= 0.3 is 5.97 Å². The summed E-state index contributed by atoms with van der Waals surface area (Å²) in [7, 11) is 0. The Hall–Kier alpha value is -0.850. The van der Waals surface area contributed by atoms with E-state index in [-0.39, 0.29) is 44.2 Å². The van der Waals surface area contributed by atoms with Gasteiger partial charge < -0.3 is 16.6 Å². The van der Waals surface area contributed by atoms with E-state index < -0.39 is 17.3 Å². The maximum atomic E-state index is 13.1. The van der Waals surface area contributed by atoms with Gasteiger partial charge in [0.1, 0.15) is 5.54 Å². The van der Waals surface area contributed by atoms with E-state index in [2.05, 4.69) is 4.99 Å². The molecular weight excluding hydrogens is 284 g/mol. The average Bonchev–Trinajstić information content (AvgIpc) is 2.14. The van der Waals surface area contributed by atoms with E-state index in [4.69, 9.17) is 16.6 Å². The van der Waals surface area contributed by atoms with Crippen LogP contribution >= 0.6 is 24.8 Å². The Labute approximate surface area is 118 Å². The van der Waals surface area contributed by atoms with Crippen molar-refractivity contribution in [2.45, 2.75) is 32.2 Å². The molecule has 0 bridgehead atoms. The summed E-state index contributed by atoms with van der Waals surface area (Å²) in [5, 5.41) is 8.69. The first-order valence-corrected chi connectivity index (χ1v) is 4.89. The summed E-state index contributed by atoms with van der Waals surface area (Å²) in [6.45, 7) is 3.20. The van der Waals surface area contributed by atoms with E-state index in [0.717, 1.165) is 0 Å². The molecule has 0 saturated heterocycles. The number of hydrogen-bond acceptors (Lipinski definition) is 3. The molecule has 1 atom stereocenters. The largest absolute Gasteiger partial charge is 0.480 e. The molecule has 0 aliphatic rings. The highest BCUT2D eigenvalue weighted by molar-refractivity contribution is 5.85. The van der Waals surface area contributed by atoms with Crippen LogP contribution in [-0.2, 0) is 4.79 Å². The second-order valence-electron chi connectivity index (χ2n) is 3.85. The first kappa shape index (κ1) is 22.3. The molecule has 0 spiro atoms. The van der Waals surface area contributed by atoms with Gasteiger partial charge in [-0.2, -0.15) is 0 Å². The third-order valence-electron chi connectivity index (χ3n) is 1.95. The smallest absolute Gasteiger partial charge is 0.323 e. The number of nitrogens with two attached hydrogens (primary N) is 2. The highest BCUT2D eigenvalue weighted by Gasteiger charge is 2.26. The zero-order chi connectivity index (χ0) is 12.8. The number of aliphatic imine (C=N–C) groups is 1. The number of hydrogen-bond donors (Lipinski definition) is 3. The number of carboxylic acids is 1. The van der Waals surface area contributed by atoms with Crippen molar-refractivity contribution in [2.24, 2.45) is 16.5 Å². The Bertz CT molecular complexity index is 316. The number of halogens is 3. The number of carboxylic acid groups (broad SMARTS) is 1. The van der Waals surface area contributed by atoms with Crippen LogP contribution in [0, 0.1) is 0 Å². The summed E-state index contributed by atoms with van der Waals surface area (Å²) in [6, 6.07) is 0. The lowest BCUT2D eigenvalue weighted by Gasteiger charge is -2.16. The predicted octanol–water partition coefficient (Wildman–Crippen LogP) is 1.64. The summed E-state index contributed by atoms with van der Waals surface area (Å²) in [6.07, 6.45) is 1.22. The molecular formula is C10H20Cl2FN3O2. The fourth-order valence-electron chi connectivity index (χ4n) is 0.851. The molecule has 108 valence electrons. The minimum atomic E-state index is -1.44. The molecule has 5 nitrogen and oxygen atoms in total. The summed E-state index contributed by atoms with van der Waals surface area (Å²) >= 11 is 0. The number of amidine groups is 1. The highest BCUT2D eigenvalue weighted by Crippen LogP contribution is 2.11. The summed E-state index contributed by atoms with van der Waals surface area (Å²) in [5.74, 6) is -1.20. The zero-order valence-electron chi connectivity index (χ0n) is 10.4. The summed E-state index contributed by atoms with van der Waals surface area (Å²) < 4.78 is 13.1. The molecule has 8 heteroatoms. The van der Waals surface area contributed by atoms with Crippen LogP contribution in [0.2, 0.25) is 0 Å². The maximum absolute atomic E-state index is 13.1. The molecule has 0 rings (SSSR count). The van der Waals surface area contributed by atoms with Crippen molar-refractivity contribution in [1.29, 1.82) is 0 Å². The Kier molecular flexibility index (Phi) is 12.5. The quantitative estimate of drug-likeness (QED) is 0.513.